The molecule has 0 saturated heterocycles. The molecule has 21 heavy (non-hydrogen) atoms. The fourth-order valence-electron chi connectivity index (χ4n) is 1.56. The van der Waals surface area contributed by atoms with Crippen molar-refractivity contribution in [2.75, 3.05) is 7.11 Å². The highest BCUT2D eigenvalue weighted by Gasteiger charge is 2.40. The summed E-state index contributed by atoms with van der Waals surface area (Å²) in [6, 6.07) is 3.26. The minimum absolute atomic E-state index is 0.0654. The normalized spacial score (nSPS) is 13.7. The summed E-state index contributed by atoms with van der Waals surface area (Å²) in [5.41, 5.74) is 0.817. The molecule has 0 radical (unpaired) electrons. The molecule has 1 rings (SSSR count). The second-order valence-electron chi connectivity index (χ2n) is 6.50. The van der Waals surface area contributed by atoms with Gasteiger partial charge in [0.05, 0.1) is 7.11 Å². The predicted molar refractivity (Wildman–Crippen MR) is 87.4 cm³/mol. The van der Waals surface area contributed by atoms with Crippen LogP contribution in [0.3, 0.4) is 0 Å². The smallest absolute Gasteiger partial charge is 0.365 e. The molecule has 7 heteroatoms. The van der Waals surface area contributed by atoms with Gasteiger partial charge in [-0.15, -0.1) is 0 Å². The molecule has 120 valence electrons. The summed E-state index contributed by atoms with van der Waals surface area (Å²) in [5, 5.41) is 0.0654. The molecule has 1 aromatic carbocycles. The van der Waals surface area contributed by atoms with Gasteiger partial charge in [0.25, 0.3) is 8.32 Å². The molecule has 0 amide bonds. The fraction of sp³-hybridized carbons (Fsp3) is 0.571. The quantitative estimate of drug-likeness (QED) is 0.648. The Morgan fingerprint density at radius 2 is 1.81 bits per heavy atom. The lowest BCUT2D eigenvalue weighted by atomic mass is 10.2. The zero-order chi connectivity index (χ0) is 16.4. The number of hydrogen-bond acceptors (Lipinski definition) is 4. The molecule has 0 aliphatic heterocycles. The Morgan fingerprint density at radius 3 is 2.24 bits per heavy atom. The van der Waals surface area contributed by atoms with Crippen LogP contribution in [-0.2, 0) is 4.57 Å². The van der Waals surface area contributed by atoms with Gasteiger partial charge in [0, 0.05) is 6.07 Å². The molecule has 0 bridgehead atoms. The lowest BCUT2D eigenvalue weighted by Gasteiger charge is -2.37. The summed E-state index contributed by atoms with van der Waals surface area (Å²) >= 11 is 0. The highest BCUT2D eigenvalue weighted by molar-refractivity contribution is 7.32. The highest BCUT2D eigenvalue weighted by Crippen LogP contribution is 2.43. The van der Waals surface area contributed by atoms with E-state index in [9.17, 15) is 4.57 Å². The lowest BCUT2D eigenvalue weighted by Crippen LogP contribution is -2.44. The number of benzene rings is 1. The van der Waals surface area contributed by atoms with Gasteiger partial charge in [-0.1, -0.05) is 20.8 Å². The van der Waals surface area contributed by atoms with Gasteiger partial charge < -0.3 is 18.6 Å². The van der Waals surface area contributed by atoms with E-state index in [1.165, 1.54) is 0 Å². The molecule has 0 aliphatic carbocycles. The molecule has 1 atom stereocenters. The van der Waals surface area contributed by atoms with Gasteiger partial charge >= 0.3 is 8.25 Å². The summed E-state index contributed by atoms with van der Waals surface area (Å²) in [6.07, 6.45) is 0. The van der Waals surface area contributed by atoms with Crippen LogP contribution >= 0.6 is 8.25 Å². The van der Waals surface area contributed by atoms with Gasteiger partial charge in [-0.25, -0.2) is 4.57 Å². The van der Waals surface area contributed by atoms with Gasteiger partial charge in [-0.3, -0.25) is 0 Å². The van der Waals surface area contributed by atoms with E-state index < -0.39 is 16.6 Å². The van der Waals surface area contributed by atoms with Crippen LogP contribution in [-0.4, -0.2) is 20.3 Å². The van der Waals surface area contributed by atoms with Crippen LogP contribution in [0.2, 0.25) is 18.1 Å². The number of methoxy groups -OCH3 is 1. The monoisotopic (exact) mass is 332 g/mol. The van der Waals surface area contributed by atoms with Crippen molar-refractivity contribution in [2.45, 2.75) is 45.8 Å². The Balaban J connectivity index is 3.22. The average Bonchev–Trinajstić information content (AvgIpc) is 2.29. The van der Waals surface area contributed by atoms with E-state index in [2.05, 4.69) is 33.9 Å². The molecule has 5 nitrogen and oxygen atoms in total. The first-order chi connectivity index (χ1) is 9.48. The largest absolute Gasteiger partial charge is 0.541 e. The van der Waals surface area contributed by atoms with Gasteiger partial charge in [-0.05, 0) is 36.7 Å². The number of hydrogen-bond donors (Lipinski definition) is 1. The summed E-state index contributed by atoms with van der Waals surface area (Å²) in [5.74, 6) is 1.49. The summed E-state index contributed by atoms with van der Waals surface area (Å²) in [4.78, 5) is 8.88. The maximum atomic E-state index is 10.8. The van der Waals surface area contributed by atoms with Crippen molar-refractivity contribution in [2.24, 2.45) is 0 Å². The maximum Gasteiger partial charge on any atom is 0.365 e. The highest BCUT2D eigenvalue weighted by atomic mass is 31.1. The minimum Gasteiger partial charge on any atom is -0.541 e. The van der Waals surface area contributed by atoms with E-state index in [1.54, 1.807) is 19.2 Å². The first kappa shape index (κ1) is 18.1. The zero-order valence-electron chi connectivity index (χ0n) is 13.7. The van der Waals surface area contributed by atoms with Crippen molar-refractivity contribution in [3.8, 4) is 17.2 Å². The van der Waals surface area contributed by atoms with Crippen LogP contribution < -0.4 is 13.7 Å². The van der Waals surface area contributed by atoms with Crippen molar-refractivity contribution in [3.63, 3.8) is 0 Å². The van der Waals surface area contributed by atoms with Crippen molar-refractivity contribution in [1.29, 1.82) is 0 Å². The van der Waals surface area contributed by atoms with Crippen LogP contribution in [0.25, 0.3) is 0 Å². The SMILES string of the molecule is COc1cc(O[PH](=O)O)cc(C)c1O[Si](C)(C)C(C)(C)C. The summed E-state index contributed by atoms with van der Waals surface area (Å²) < 4.78 is 27.3. The topological polar surface area (TPSA) is 65.0 Å². The van der Waals surface area contributed by atoms with E-state index in [-0.39, 0.29) is 5.04 Å². The molecular formula is C14H25O5PSi. The molecule has 1 N–H and O–H groups in total. The third-order valence-electron chi connectivity index (χ3n) is 3.80. The molecule has 0 heterocycles. The Hall–Kier alpha value is -0.973. The minimum atomic E-state index is -3.04. The van der Waals surface area contributed by atoms with Crippen molar-refractivity contribution in [3.05, 3.63) is 17.7 Å². The van der Waals surface area contributed by atoms with Crippen molar-refractivity contribution in [1.82, 2.24) is 0 Å². The standard InChI is InChI=1S/C14H25O5PSi/c1-10-8-11(18-20(15)16)9-12(17-5)13(10)19-21(6,7)14(2,3)4/h8-9,20H,1-7H3,(H,15,16). The zero-order valence-corrected chi connectivity index (χ0v) is 15.7. The Labute approximate surface area is 128 Å². The fourth-order valence-corrected chi connectivity index (χ4v) is 2.96. The van der Waals surface area contributed by atoms with E-state index in [0.29, 0.717) is 17.2 Å². The van der Waals surface area contributed by atoms with Gasteiger partial charge in [0.1, 0.15) is 11.5 Å². The van der Waals surface area contributed by atoms with E-state index in [4.69, 9.17) is 18.6 Å². The number of rotatable bonds is 5. The number of ether oxygens (including phenoxy) is 1. The van der Waals surface area contributed by atoms with Crippen LogP contribution in [0.5, 0.6) is 17.2 Å². The van der Waals surface area contributed by atoms with Crippen LogP contribution in [0.1, 0.15) is 26.3 Å². The molecule has 0 aromatic heterocycles. The first-order valence-corrected chi connectivity index (χ1v) is 10.9. The second kappa shape index (κ2) is 6.42. The lowest BCUT2D eigenvalue weighted by molar-refractivity contribution is 0.378. The van der Waals surface area contributed by atoms with Crippen LogP contribution in [0.15, 0.2) is 12.1 Å². The van der Waals surface area contributed by atoms with Crippen molar-refractivity contribution < 1.29 is 23.1 Å². The summed E-state index contributed by atoms with van der Waals surface area (Å²) in [7, 11) is -3.49. The molecule has 0 fully saturated rings. The average molecular weight is 332 g/mol. The third-order valence-corrected chi connectivity index (χ3v) is 8.54. The van der Waals surface area contributed by atoms with E-state index >= 15 is 0 Å². The second-order valence-corrected chi connectivity index (χ2v) is 12.0. The summed E-state index contributed by atoms with van der Waals surface area (Å²) in [6.45, 7) is 12.7. The molecule has 0 spiro atoms. The van der Waals surface area contributed by atoms with E-state index in [0.717, 1.165) is 5.56 Å². The maximum absolute atomic E-state index is 10.8. The predicted octanol–water partition coefficient (Wildman–Crippen LogP) is 4.15. The van der Waals surface area contributed by atoms with Gasteiger partial charge in [-0.2, -0.15) is 0 Å². The Kier molecular flexibility index (Phi) is 5.53. The first-order valence-electron chi connectivity index (χ1n) is 6.76. The Bertz CT molecular complexity index is 537. The third kappa shape index (κ3) is 4.50. The van der Waals surface area contributed by atoms with Gasteiger partial charge in [0.2, 0.25) is 0 Å². The molecule has 1 aromatic rings. The van der Waals surface area contributed by atoms with Crippen LogP contribution in [0, 0.1) is 6.92 Å². The molecular weight excluding hydrogens is 307 g/mol. The Morgan fingerprint density at radius 1 is 1.24 bits per heavy atom. The molecule has 0 aliphatic rings. The molecule has 0 saturated carbocycles. The van der Waals surface area contributed by atoms with Crippen LogP contribution in [0.4, 0.5) is 0 Å². The van der Waals surface area contributed by atoms with Gasteiger partial charge in [0.15, 0.2) is 5.75 Å². The number of aryl methyl sites for hydroxylation is 1. The van der Waals surface area contributed by atoms with E-state index in [1.807, 2.05) is 6.92 Å². The molecule has 1 unspecified atom stereocenters. The van der Waals surface area contributed by atoms with Crippen molar-refractivity contribution >= 4 is 16.6 Å².